The van der Waals surface area contributed by atoms with E-state index in [1.165, 1.54) is 167 Å². The number of hydrogen-bond donors (Lipinski definition) is 0. The third-order valence-electron chi connectivity index (χ3n) is 14.3. The van der Waals surface area contributed by atoms with Crippen molar-refractivity contribution in [1.29, 1.82) is 0 Å². The molecule has 0 aliphatic carbocycles. The Kier molecular flexibility index (Phi) is 62.7. The molecular weight excluding hydrogens is 961 g/mol. The van der Waals surface area contributed by atoms with Crippen molar-refractivity contribution in [3.05, 3.63) is 97.2 Å². The predicted molar refractivity (Wildman–Crippen MR) is 339 cm³/mol. The Morgan fingerprint density at radius 3 is 0.808 bits per heavy atom. The van der Waals surface area contributed by atoms with Gasteiger partial charge in [-0.1, -0.05) is 298 Å². The second-order valence-corrected chi connectivity index (χ2v) is 22.0. The average molecular weight is 1090 g/mol. The van der Waals surface area contributed by atoms with E-state index in [4.69, 9.17) is 14.2 Å². The Hall–Kier alpha value is -3.67. The van der Waals surface area contributed by atoms with Crippen LogP contribution in [0, 0.1) is 0 Å². The van der Waals surface area contributed by atoms with E-state index in [0.717, 1.165) is 116 Å². The molecule has 0 amide bonds. The lowest BCUT2D eigenvalue weighted by Gasteiger charge is -2.18. The summed E-state index contributed by atoms with van der Waals surface area (Å²) in [6.07, 6.45) is 88.3. The monoisotopic (exact) mass is 1080 g/mol. The van der Waals surface area contributed by atoms with E-state index in [1.54, 1.807) is 0 Å². The number of esters is 3. The minimum absolute atomic E-state index is 0.0812. The zero-order chi connectivity index (χ0) is 56.4. The lowest BCUT2D eigenvalue weighted by Crippen LogP contribution is -2.30. The van der Waals surface area contributed by atoms with Crippen molar-refractivity contribution >= 4 is 17.9 Å². The molecule has 0 rings (SSSR count). The van der Waals surface area contributed by atoms with Crippen LogP contribution in [0.5, 0.6) is 0 Å². The Bertz CT molecular complexity index is 1530. The number of unbranched alkanes of at least 4 members (excludes halogenated alkanes) is 33. The second-order valence-electron chi connectivity index (χ2n) is 22.0. The topological polar surface area (TPSA) is 78.9 Å². The molecule has 0 aromatic rings. The highest BCUT2D eigenvalue weighted by Crippen LogP contribution is 2.17. The van der Waals surface area contributed by atoms with Crippen LogP contribution in [0.25, 0.3) is 0 Å². The number of carbonyl (C=O) groups excluding carboxylic acids is 3. The summed E-state index contributed by atoms with van der Waals surface area (Å²) in [5, 5.41) is 0. The lowest BCUT2D eigenvalue weighted by atomic mass is 10.0. The Balaban J connectivity index is 4.39. The lowest BCUT2D eigenvalue weighted by molar-refractivity contribution is -0.167. The van der Waals surface area contributed by atoms with Gasteiger partial charge in [-0.25, -0.2) is 0 Å². The van der Waals surface area contributed by atoms with Gasteiger partial charge in [0.1, 0.15) is 13.2 Å². The van der Waals surface area contributed by atoms with Crippen molar-refractivity contribution in [2.45, 2.75) is 329 Å². The van der Waals surface area contributed by atoms with Gasteiger partial charge in [-0.15, -0.1) is 0 Å². The van der Waals surface area contributed by atoms with E-state index in [0.29, 0.717) is 19.3 Å². The van der Waals surface area contributed by atoms with Crippen LogP contribution < -0.4 is 0 Å². The molecule has 78 heavy (non-hydrogen) atoms. The van der Waals surface area contributed by atoms with E-state index in [9.17, 15) is 14.4 Å². The molecule has 1 unspecified atom stereocenters. The van der Waals surface area contributed by atoms with Crippen molar-refractivity contribution in [2.75, 3.05) is 13.2 Å². The largest absolute Gasteiger partial charge is 0.462 e. The molecule has 0 bridgehead atoms. The summed E-state index contributed by atoms with van der Waals surface area (Å²) in [7, 11) is 0. The number of ether oxygens (including phenoxy) is 3. The maximum absolute atomic E-state index is 12.9. The van der Waals surface area contributed by atoms with Gasteiger partial charge in [0.25, 0.3) is 0 Å². The third-order valence-corrected chi connectivity index (χ3v) is 14.3. The van der Waals surface area contributed by atoms with Crippen LogP contribution in [0.2, 0.25) is 0 Å². The summed E-state index contributed by atoms with van der Waals surface area (Å²) < 4.78 is 17.0. The second kappa shape index (κ2) is 65.8. The van der Waals surface area contributed by atoms with Crippen LogP contribution >= 0.6 is 0 Å². The minimum Gasteiger partial charge on any atom is -0.462 e. The fourth-order valence-electron chi connectivity index (χ4n) is 9.36. The Morgan fingerprint density at radius 2 is 0.500 bits per heavy atom. The van der Waals surface area contributed by atoms with Crippen LogP contribution in [0.3, 0.4) is 0 Å². The van der Waals surface area contributed by atoms with Crippen LogP contribution in [-0.2, 0) is 28.6 Å². The van der Waals surface area contributed by atoms with E-state index >= 15 is 0 Å². The first kappa shape index (κ1) is 74.3. The van der Waals surface area contributed by atoms with Gasteiger partial charge in [0.2, 0.25) is 0 Å². The molecule has 0 radical (unpaired) electrons. The molecule has 0 aromatic heterocycles. The number of hydrogen-bond acceptors (Lipinski definition) is 6. The van der Waals surface area contributed by atoms with Crippen LogP contribution in [0.15, 0.2) is 97.2 Å². The van der Waals surface area contributed by atoms with Gasteiger partial charge in [0.15, 0.2) is 6.10 Å². The van der Waals surface area contributed by atoms with Crippen molar-refractivity contribution < 1.29 is 28.6 Å². The Labute approximate surface area is 483 Å². The third kappa shape index (κ3) is 63.2. The summed E-state index contributed by atoms with van der Waals surface area (Å²) in [6.45, 7) is 6.53. The highest BCUT2D eigenvalue weighted by atomic mass is 16.6. The van der Waals surface area contributed by atoms with Crippen molar-refractivity contribution in [2.24, 2.45) is 0 Å². The molecule has 0 aliphatic rings. The molecule has 0 aliphatic heterocycles. The first-order valence-corrected chi connectivity index (χ1v) is 33.2. The smallest absolute Gasteiger partial charge is 0.306 e. The molecule has 0 fully saturated rings. The molecule has 6 heteroatoms. The Morgan fingerprint density at radius 1 is 0.269 bits per heavy atom. The quantitative estimate of drug-likeness (QED) is 0.0261. The summed E-state index contributed by atoms with van der Waals surface area (Å²) in [4.78, 5) is 38.4. The summed E-state index contributed by atoms with van der Waals surface area (Å²) >= 11 is 0. The molecule has 0 spiro atoms. The molecule has 0 aromatic carbocycles. The van der Waals surface area contributed by atoms with E-state index in [1.807, 2.05) is 0 Å². The number of allylic oxidation sites excluding steroid dienone is 16. The fraction of sp³-hybridized carbons (Fsp3) is 0.736. The fourth-order valence-corrected chi connectivity index (χ4v) is 9.36. The molecule has 1 atom stereocenters. The summed E-state index contributed by atoms with van der Waals surface area (Å²) in [5.74, 6) is -0.886. The first-order valence-electron chi connectivity index (χ1n) is 33.2. The maximum atomic E-state index is 12.9. The number of carbonyl (C=O) groups is 3. The first-order chi connectivity index (χ1) is 38.5. The van der Waals surface area contributed by atoms with E-state index in [2.05, 4.69) is 118 Å². The van der Waals surface area contributed by atoms with Crippen molar-refractivity contribution in [3.63, 3.8) is 0 Å². The molecule has 0 saturated carbocycles. The summed E-state index contributed by atoms with van der Waals surface area (Å²) in [5.41, 5.74) is 0. The van der Waals surface area contributed by atoms with Crippen LogP contribution in [-0.4, -0.2) is 37.2 Å². The van der Waals surface area contributed by atoms with Crippen molar-refractivity contribution in [1.82, 2.24) is 0 Å². The van der Waals surface area contributed by atoms with Gasteiger partial charge in [-0.05, 0) is 103 Å². The zero-order valence-electron chi connectivity index (χ0n) is 51.4. The van der Waals surface area contributed by atoms with Gasteiger partial charge in [-0.3, -0.25) is 14.4 Å². The molecular formula is C72H124O6. The number of rotatable bonds is 60. The SMILES string of the molecule is CC/C=C\C/C=C\C/C=C\C/C=C\C/C=C\C/C=C\CCCCCCCCC(=O)OCC(COC(=O)CCCCCCCCCCCCCCCCCC)OC(=O)CCCCCCCCCCC/C=C\C/C=C\CCCCC. The standard InChI is InChI=1S/C72H124O6/c1-4-7-10-13-16-19-22-25-28-31-33-34-35-36-37-38-40-41-44-47-50-53-56-59-62-65-71(74)77-68-69(67-76-70(73)64-61-58-55-52-49-46-43-30-27-24-21-18-15-12-9-6-3)78-72(75)66-63-60-57-54-51-48-45-42-39-32-29-26-23-20-17-14-11-8-5-2/h7,10,16-17,19-20,25-26,28-29,33-34,36-37,40-41,69H,4-6,8-9,11-15,18,21-24,27,30-32,35,38-39,42-68H2,1-3H3/b10-7-,19-16-,20-17-,28-25-,29-26-,34-33-,37-36-,41-40-. The minimum atomic E-state index is -0.787. The van der Waals surface area contributed by atoms with Crippen molar-refractivity contribution in [3.8, 4) is 0 Å². The summed E-state index contributed by atoms with van der Waals surface area (Å²) in [6, 6.07) is 0. The maximum Gasteiger partial charge on any atom is 0.306 e. The zero-order valence-corrected chi connectivity index (χ0v) is 51.4. The average Bonchev–Trinajstić information content (AvgIpc) is 3.44. The molecule has 6 nitrogen and oxygen atoms in total. The highest BCUT2D eigenvalue weighted by molar-refractivity contribution is 5.71. The van der Waals surface area contributed by atoms with Gasteiger partial charge in [-0.2, -0.15) is 0 Å². The molecule has 0 heterocycles. The normalized spacial score (nSPS) is 12.7. The van der Waals surface area contributed by atoms with E-state index < -0.39 is 6.10 Å². The predicted octanol–water partition coefficient (Wildman–Crippen LogP) is 22.8. The van der Waals surface area contributed by atoms with Crippen LogP contribution in [0.1, 0.15) is 323 Å². The molecule has 448 valence electrons. The highest BCUT2D eigenvalue weighted by Gasteiger charge is 2.19. The van der Waals surface area contributed by atoms with Crippen LogP contribution in [0.4, 0.5) is 0 Å². The van der Waals surface area contributed by atoms with Gasteiger partial charge in [0.05, 0.1) is 0 Å². The van der Waals surface area contributed by atoms with Gasteiger partial charge < -0.3 is 14.2 Å². The van der Waals surface area contributed by atoms with Gasteiger partial charge in [0, 0.05) is 19.3 Å². The van der Waals surface area contributed by atoms with E-state index in [-0.39, 0.29) is 31.1 Å². The van der Waals surface area contributed by atoms with Gasteiger partial charge >= 0.3 is 17.9 Å². The molecule has 0 saturated heterocycles. The molecule has 0 N–H and O–H groups in total.